The average molecular weight is 286 g/mol. The Morgan fingerprint density at radius 1 is 1.53 bits per heavy atom. The first-order valence-electron chi connectivity index (χ1n) is 5.11. The van der Waals surface area contributed by atoms with E-state index in [1.807, 2.05) is 4.72 Å². The molecule has 0 spiro atoms. The van der Waals surface area contributed by atoms with E-state index in [1.165, 1.54) is 12.1 Å². The van der Waals surface area contributed by atoms with Gasteiger partial charge in [-0.25, -0.2) is 12.8 Å². The number of esters is 1. The predicted molar refractivity (Wildman–Crippen MR) is 65.1 cm³/mol. The number of carbonyl (C=O) groups excluding carboxylic acids is 1. The summed E-state index contributed by atoms with van der Waals surface area (Å²) in [5, 5.41) is 7.29. The van der Waals surface area contributed by atoms with E-state index in [0.717, 1.165) is 20.1 Å². The van der Waals surface area contributed by atoms with Gasteiger partial charge in [-0.2, -0.15) is 5.26 Å². The van der Waals surface area contributed by atoms with Crippen molar-refractivity contribution in [1.29, 1.82) is 5.26 Å². The third-order valence-corrected chi connectivity index (χ3v) is 4.00. The minimum atomic E-state index is -4.12. The Kier molecular flexibility index (Phi) is 4.45. The van der Waals surface area contributed by atoms with Crippen LogP contribution in [0.2, 0.25) is 0 Å². The van der Waals surface area contributed by atoms with E-state index in [2.05, 4.69) is 4.74 Å². The van der Waals surface area contributed by atoms with Crippen molar-refractivity contribution in [3.8, 4) is 6.07 Å². The van der Waals surface area contributed by atoms with Gasteiger partial charge < -0.3 is 4.74 Å². The summed E-state index contributed by atoms with van der Waals surface area (Å²) >= 11 is 0. The first-order chi connectivity index (χ1) is 8.83. The zero-order valence-corrected chi connectivity index (χ0v) is 11.0. The van der Waals surface area contributed by atoms with Crippen LogP contribution in [0.5, 0.6) is 0 Å². The summed E-state index contributed by atoms with van der Waals surface area (Å²) in [6, 6.07) is 5.05. The topological polar surface area (TPSA) is 96.3 Å². The van der Waals surface area contributed by atoms with E-state index >= 15 is 0 Å². The number of nitriles is 1. The highest BCUT2D eigenvalue weighted by Gasteiger charge is 2.29. The van der Waals surface area contributed by atoms with E-state index in [4.69, 9.17) is 5.26 Å². The van der Waals surface area contributed by atoms with E-state index in [9.17, 15) is 17.6 Å². The van der Waals surface area contributed by atoms with Crippen LogP contribution in [0.3, 0.4) is 0 Å². The molecule has 1 N–H and O–H groups in total. The monoisotopic (exact) mass is 286 g/mol. The van der Waals surface area contributed by atoms with Gasteiger partial charge in [-0.05, 0) is 19.1 Å². The molecule has 0 aliphatic carbocycles. The Bertz CT molecular complexity index is 637. The molecule has 8 heteroatoms. The number of anilines is 1. The molecule has 1 unspecified atom stereocenters. The molecule has 0 aliphatic heterocycles. The van der Waals surface area contributed by atoms with Crippen LogP contribution in [0.1, 0.15) is 12.5 Å². The fraction of sp³-hybridized carbons (Fsp3) is 0.273. The Morgan fingerprint density at radius 3 is 2.68 bits per heavy atom. The number of sulfonamides is 1. The smallest absolute Gasteiger partial charge is 0.325 e. The van der Waals surface area contributed by atoms with E-state index < -0.39 is 32.6 Å². The Hall–Kier alpha value is -2.14. The van der Waals surface area contributed by atoms with Crippen molar-refractivity contribution in [2.45, 2.75) is 12.2 Å². The second-order valence-electron chi connectivity index (χ2n) is 3.59. The fourth-order valence-electron chi connectivity index (χ4n) is 1.26. The Morgan fingerprint density at radius 2 is 2.16 bits per heavy atom. The molecular formula is C11H11FN2O4S. The minimum Gasteiger partial charge on any atom is -0.468 e. The maximum absolute atomic E-state index is 13.3. The van der Waals surface area contributed by atoms with Gasteiger partial charge in [0.15, 0.2) is 5.25 Å². The van der Waals surface area contributed by atoms with Crippen molar-refractivity contribution in [3.05, 3.63) is 29.6 Å². The second-order valence-corrected chi connectivity index (χ2v) is 5.59. The first kappa shape index (κ1) is 14.9. The number of nitrogens with zero attached hydrogens (tertiary/aromatic N) is 1. The molecule has 1 atom stereocenters. The molecule has 0 radical (unpaired) electrons. The molecule has 19 heavy (non-hydrogen) atoms. The maximum Gasteiger partial charge on any atom is 0.325 e. The molecule has 0 aromatic heterocycles. The van der Waals surface area contributed by atoms with E-state index in [0.29, 0.717) is 0 Å². The number of hydrogen-bond donors (Lipinski definition) is 1. The van der Waals surface area contributed by atoms with Crippen molar-refractivity contribution in [1.82, 2.24) is 0 Å². The van der Waals surface area contributed by atoms with Crippen LogP contribution in [0.15, 0.2) is 18.2 Å². The molecule has 0 saturated heterocycles. The number of methoxy groups -OCH3 is 1. The van der Waals surface area contributed by atoms with E-state index in [1.54, 1.807) is 6.07 Å². The van der Waals surface area contributed by atoms with E-state index in [-0.39, 0.29) is 5.69 Å². The normalized spacial score (nSPS) is 12.3. The third-order valence-electron chi connectivity index (χ3n) is 2.38. The molecule has 0 fully saturated rings. The van der Waals surface area contributed by atoms with Gasteiger partial charge in [0.1, 0.15) is 17.4 Å². The standard InChI is InChI=1S/C11H11FN2O4S/c1-7(11(15)18-2)19(16,17)14-10-5-3-4-9(12)8(10)6-13/h3-5,7,14H,1-2H3. The number of carbonyl (C=O) groups is 1. The number of benzene rings is 1. The van der Waals surface area contributed by atoms with Crippen molar-refractivity contribution < 1.29 is 22.3 Å². The summed E-state index contributed by atoms with van der Waals surface area (Å²) in [5.74, 6) is -1.81. The highest BCUT2D eigenvalue weighted by atomic mass is 32.2. The molecule has 0 aliphatic rings. The van der Waals surface area contributed by atoms with Gasteiger partial charge in [-0.15, -0.1) is 0 Å². The molecule has 0 heterocycles. The lowest BCUT2D eigenvalue weighted by Crippen LogP contribution is -2.33. The first-order valence-corrected chi connectivity index (χ1v) is 6.66. The van der Waals surface area contributed by atoms with Gasteiger partial charge in [-0.1, -0.05) is 6.07 Å². The lowest BCUT2D eigenvalue weighted by Gasteiger charge is -2.13. The van der Waals surface area contributed by atoms with Crippen LogP contribution < -0.4 is 4.72 Å². The van der Waals surface area contributed by atoms with Crippen LogP contribution in [0.25, 0.3) is 0 Å². The molecule has 0 bridgehead atoms. The molecule has 6 nitrogen and oxygen atoms in total. The summed E-state index contributed by atoms with van der Waals surface area (Å²) in [7, 11) is -3.06. The summed E-state index contributed by atoms with van der Waals surface area (Å²) in [4.78, 5) is 11.2. The number of hydrogen-bond acceptors (Lipinski definition) is 5. The van der Waals surface area contributed by atoms with Crippen LogP contribution in [-0.4, -0.2) is 26.7 Å². The van der Waals surface area contributed by atoms with Gasteiger partial charge >= 0.3 is 5.97 Å². The minimum absolute atomic E-state index is 0.224. The summed E-state index contributed by atoms with van der Waals surface area (Å²) in [6.07, 6.45) is 0. The molecule has 102 valence electrons. The van der Waals surface area contributed by atoms with Crippen molar-refractivity contribution in [2.75, 3.05) is 11.8 Å². The lowest BCUT2D eigenvalue weighted by molar-refractivity contribution is -0.139. The zero-order chi connectivity index (χ0) is 14.6. The number of halogens is 1. The van der Waals surface area contributed by atoms with Crippen LogP contribution >= 0.6 is 0 Å². The number of nitrogens with one attached hydrogen (secondary N) is 1. The van der Waals surface area contributed by atoms with Gasteiger partial charge in [0, 0.05) is 0 Å². The summed E-state index contributed by atoms with van der Waals surface area (Å²) < 4.78 is 43.3. The molecule has 1 rings (SSSR count). The summed E-state index contributed by atoms with van der Waals surface area (Å²) in [5.41, 5.74) is -0.665. The van der Waals surface area contributed by atoms with Crippen molar-refractivity contribution in [3.63, 3.8) is 0 Å². The highest BCUT2D eigenvalue weighted by molar-refractivity contribution is 7.94. The Labute approximate surface area is 109 Å². The highest BCUT2D eigenvalue weighted by Crippen LogP contribution is 2.20. The van der Waals surface area contributed by atoms with Gasteiger partial charge in [0.05, 0.1) is 12.8 Å². The Balaban J connectivity index is 3.14. The van der Waals surface area contributed by atoms with Gasteiger partial charge in [0.2, 0.25) is 10.0 Å². The largest absolute Gasteiger partial charge is 0.468 e. The molecule has 1 aromatic carbocycles. The van der Waals surface area contributed by atoms with Gasteiger partial charge in [0.25, 0.3) is 0 Å². The third kappa shape index (κ3) is 3.20. The predicted octanol–water partition coefficient (Wildman–Crippen LogP) is 1.00. The second kappa shape index (κ2) is 5.67. The van der Waals surface area contributed by atoms with Crippen molar-refractivity contribution >= 4 is 21.7 Å². The van der Waals surface area contributed by atoms with Gasteiger partial charge in [-0.3, -0.25) is 9.52 Å². The number of rotatable bonds is 4. The molecular weight excluding hydrogens is 275 g/mol. The van der Waals surface area contributed by atoms with Crippen LogP contribution in [0.4, 0.5) is 10.1 Å². The molecule has 0 amide bonds. The zero-order valence-electron chi connectivity index (χ0n) is 10.2. The molecule has 1 aromatic rings. The quantitative estimate of drug-likeness (QED) is 0.833. The van der Waals surface area contributed by atoms with Crippen LogP contribution in [-0.2, 0) is 19.6 Å². The molecule has 0 saturated carbocycles. The SMILES string of the molecule is COC(=O)C(C)S(=O)(=O)Nc1cccc(F)c1C#N. The van der Waals surface area contributed by atoms with Crippen LogP contribution in [0, 0.1) is 17.1 Å². The summed E-state index contributed by atoms with van der Waals surface area (Å²) in [6.45, 7) is 1.12. The van der Waals surface area contributed by atoms with Crippen molar-refractivity contribution in [2.24, 2.45) is 0 Å². The maximum atomic E-state index is 13.3. The average Bonchev–Trinajstić information content (AvgIpc) is 2.36. The fourth-order valence-corrected chi connectivity index (χ4v) is 2.26. The number of ether oxygens (including phenoxy) is 1. The lowest BCUT2D eigenvalue weighted by atomic mass is 10.2.